The van der Waals surface area contributed by atoms with Gasteiger partial charge in [-0.05, 0) is 37.6 Å². The second-order valence-corrected chi connectivity index (χ2v) is 10.7. The van der Waals surface area contributed by atoms with Crippen LogP contribution in [0.25, 0.3) is 11.8 Å². The van der Waals surface area contributed by atoms with Crippen molar-refractivity contribution in [2.45, 2.75) is 26.5 Å². The van der Waals surface area contributed by atoms with Crippen molar-refractivity contribution in [1.29, 1.82) is 0 Å². The summed E-state index contributed by atoms with van der Waals surface area (Å²) in [5.74, 6) is -0.531. The third-order valence-electron chi connectivity index (χ3n) is 7.00. The van der Waals surface area contributed by atoms with Crippen LogP contribution in [0.1, 0.15) is 36.6 Å². The highest BCUT2D eigenvalue weighted by molar-refractivity contribution is 7.07. The average Bonchev–Trinajstić information content (AvgIpc) is 3.34. The van der Waals surface area contributed by atoms with Gasteiger partial charge < -0.3 is 14.2 Å². The zero-order valence-electron chi connectivity index (χ0n) is 24.3. The van der Waals surface area contributed by atoms with Gasteiger partial charge in [-0.2, -0.15) is 0 Å². The topological polar surface area (TPSA) is 165 Å². The van der Waals surface area contributed by atoms with Crippen LogP contribution in [0.4, 0.5) is 11.4 Å². The van der Waals surface area contributed by atoms with Gasteiger partial charge in [0.2, 0.25) is 0 Å². The van der Waals surface area contributed by atoms with Gasteiger partial charge in [0.05, 0.1) is 50.9 Å². The first-order valence-electron chi connectivity index (χ1n) is 13.6. The van der Waals surface area contributed by atoms with Gasteiger partial charge in [0.1, 0.15) is 12.6 Å². The zero-order valence-corrected chi connectivity index (χ0v) is 25.1. The molecular formula is C31H26N4O9S. The van der Waals surface area contributed by atoms with E-state index in [-0.39, 0.29) is 67.8 Å². The Labute approximate surface area is 259 Å². The lowest BCUT2D eigenvalue weighted by molar-refractivity contribution is -0.385. The lowest BCUT2D eigenvalue weighted by Gasteiger charge is -2.23. The highest BCUT2D eigenvalue weighted by Gasteiger charge is 2.36. The molecule has 0 spiro atoms. The van der Waals surface area contributed by atoms with Gasteiger partial charge in [-0.15, -0.1) is 0 Å². The molecular weight excluding hydrogens is 604 g/mol. The Hall–Kier alpha value is -5.63. The Morgan fingerprint density at radius 1 is 1.02 bits per heavy atom. The monoisotopic (exact) mass is 630 g/mol. The summed E-state index contributed by atoms with van der Waals surface area (Å²) in [4.78, 5) is 54.5. The molecule has 230 valence electrons. The molecule has 0 aliphatic carbocycles. The van der Waals surface area contributed by atoms with Gasteiger partial charge in [0.15, 0.2) is 16.3 Å². The minimum Gasteiger partial charge on any atom is -0.493 e. The maximum absolute atomic E-state index is 13.6. The molecule has 1 aliphatic heterocycles. The number of rotatable bonds is 10. The number of thiazole rings is 1. The number of fused-ring (bicyclic) bond motifs is 1. The van der Waals surface area contributed by atoms with Crippen LogP contribution < -0.4 is 24.4 Å². The maximum atomic E-state index is 13.6. The molecule has 2 heterocycles. The van der Waals surface area contributed by atoms with Crippen molar-refractivity contribution in [3.05, 3.63) is 129 Å². The van der Waals surface area contributed by atoms with E-state index < -0.39 is 27.4 Å². The first kappa shape index (κ1) is 30.8. The number of nitro benzene ring substituents is 2. The first-order chi connectivity index (χ1) is 21.6. The molecule has 1 aromatic heterocycles. The minimum absolute atomic E-state index is 0.00209. The second kappa shape index (κ2) is 12.9. The first-order valence-corrected chi connectivity index (χ1v) is 14.4. The number of aromatic nitrogens is 1. The van der Waals surface area contributed by atoms with Crippen LogP contribution in [0.5, 0.6) is 11.5 Å². The Kier molecular flexibility index (Phi) is 8.86. The lowest BCUT2D eigenvalue weighted by Crippen LogP contribution is -2.35. The van der Waals surface area contributed by atoms with Gasteiger partial charge in [0, 0.05) is 11.8 Å². The molecule has 0 fully saturated rings. The number of nitrogens with zero attached hydrogens (tertiary/aromatic N) is 4. The van der Waals surface area contributed by atoms with E-state index in [4.69, 9.17) is 14.2 Å². The van der Waals surface area contributed by atoms with Crippen molar-refractivity contribution >= 4 is 40.5 Å². The van der Waals surface area contributed by atoms with E-state index in [1.807, 2.05) is 30.3 Å². The zero-order chi connectivity index (χ0) is 32.2. The van der Waals surface area contributed by atoms with E-state index in [0.29, 0.717) is 0 Å². The molecule has 1 aliphatic rings. The van der Waals surface area contributed by atoms with Crippen molar-refractivity contribution in [2.24, 2.45) is 4.99 Å². The molecule has 14 heteroatoms. The number of esters is 1. The van der Waals surface area contributed by atoms with Crippen LogP contribution in [0.2, 0.25) is 0 Å². The molecule has 3 aromatic carbocycles. The predicted molar refractivity (Wildman–Crippen MR) is 165 cm³/mol. The fourth-order valence-electron chi connectivity index (χ4n) is 4.91. The number of methoxy groups -OCH3 is 1. The highest BCUT2D eigenvalue weighted by atomic mass is 32.1. The SMILES string of the molecule is CCOC(=O)C1=C(C)n2c(s/c(=C\c3ccccc3[N+](=O)[O-])c2=O)=N[C@@H]1c1cc(OC)c(OCc2ccccc2)cc1[N+](=O)[O-]. The van der Waals surface area contributed by atoms with Crippen LogP contribution in [0.15, 0.2) is 82.1 Å². The van der Waals surface area contributed by atoms with E-state index in [1.165, 1.54) is 55.0 Å². The van der Waals surface area contributed by atoms with E-state index in [1.54, 1.807) is 13.0 Å². The largest absolute Gasteiger partial charge is 0.493 e. The van der Waals surface area contributed by atoms with Gasteiger partial charge in [-0.25, -0.2) is 9.79 Å². The Bertz CT molecular complexity index is 2030. The summed E-state index contributed by atoms with van der Waals surface area (Å²) in [6, 6.07) is 16.5. The van der Waals surface area contributed by atoms with E-state index >= 15 is 0 Å². The average molecular weight is 631 g/mol. The third kappa shape index (κ3) is 6.08. The lowest BCUT2D eigenvalue weighted by atomic mass is 9.94. The van der Waals surface area contributed by atoms with Crippen LogP contribution >= 0.6 is 11.3 Å². The van der Waals surface area contributed by atoms with Crippen LogP contribution in [-0.2, 0) is 16.1 Å². The molecule has 0 unspecified atom stereocenters. The minimum atomic E-state index is -1.25. The smallest absolute Gasteiger partial charge is 0.338 e. The Morgan fingerprint density at radius 3 is 2.38 bits per heavy atom. The summed E-state index contributed by atoms with van der Waals surface area (Å²) >= 11 is 0.933. The van der Waals surface area contributed by atoms with Gasteiger partial charge in [0.25, 0.3) is 16.9 Å². The molecule has 4 aromatic rings. The number of carbonyl (C=O) groups excluding carboxylic acids is 1. The summed E-state index contributed by atoms with van der Waals surface area (Å²) in [5.41, 5.74) is -0.0146. The number of benzene rings is 3. The summed E-state index contributed by atoms with van der Waals surface area (Å²) in [6.45, 7) is 3.24. The number of para-hydroxylation sites is 1. The van der Waals surface area contributed by atoms with Crippen molar-refractivity contribution in [3.8, 4) is 11.5 Å². The molecule has 0 saturated heterocycles. The quantitative estimate of drug-likeness (QED) is 0.141. The van der Waals surface area contributed by atoms with Gasteiger partial charge in [-0.3, -0.25) is 29.6 Å². The molecule has 5 rings (SSSR count). The molecule has 0 radical (unpaired) electrons. The molecule has 0 saturated carbocycles. The van der Waals surface area contributed by atoms with Gasteiger partial charge >= 0.3 is 5.97 Å². The number of hydrogen-bond acceptors (Lipinski definition) is 11. The van der Waals surface area contributed by atoms with E-state index in [0.717, 1.165) is 16.9 Å². The number of ether oxygens (including phenoxy) is 3. The summed E-state index contributed by atoms with van der Waals surface area (Å²) in [6.07, 6.45) is 1.38. The Balaban J connectivity index is 1.71. The summed E-state index contributed by atoms with van der Waals surface area (Å²) in [7, 11) is 1.38. The maximum Gasteiger partial charge on any atom is 0.338 e. The van der Waals surface area contributed by atoms with Gasteiger partial charge in [-0.1, -0.05) is 53.8 Å². The number of carbonyl (C=O) groups is 1. The molecule has 0 bridgehead atoms. The normalized spacial score (nSPS) is 14.4. The second-order valence-electron chi connectivity index (χ2n) is 9.69. The number of hydrogen-bond donors (Lipinski definition) is 0. The summed E-state index contributed by atoms with van der Waals surface area (Å²) in [5, 5.41) is 23.9. The van der Waals surface area contributed by atoms with Crippen molar-refractivity contribution in [2.75, 3.05) is 13.7 Å². The standard InChI is InChI=1S/C31H26N4O9S/c1-4-43-30(37)27-18(2)33-29(36)26(14-20-12-8-9-13-22(20)34(38)39)45-31(33)32-28(27)21-15-24(42-3)25(16-23(21)35(40)41)44-17-19-10-6-5-7-11-19/h5-16,28H,4,17H2,1-3H3/b26-14-/t28-/m1/s1. The van der Waals surface area contributed by atoms with Crippen molar-refractivity contribution < 1.29 is 28.9 Å². The highest BCUT2D eigenvalue weighted by Crippen LogP contribution is 2.43. The van der Waals surface area contributed by atoms with Crippen molar-refractivity contribution in [1.82, 2.24) is 4.57 Å². The molecule has 0 amide bonds. The van der Waals surface area contributed by atoms with Crippen LogP contribution in [0.3, 0.4) is 0 Å². The third-order valence-corrected chi connectivity index (χ3v) is 7.98. The molecule has 1 atom stereocenters. The van der Waals surface area contributed by atoms with Crippen molar-refractivity contribution in [3.63, 3.8) is 0 Å². The molecule has 0 N–H and O–H groups in total. The van der Waals surface area contributed by atoms with Crippen LogP contribution in [-0.4, -0.2) is 34.1 Å². The Morgan fingerprint density at radius 2 is 1.71 bits per heavy atom. The number of allylic oxidation sites excluding steroid dienone is 1. The molecule has 13 nitrogen and oxygen atoms in total. The van der Waals surface area contributed by atoms with E-state index in [2.05, 4.69) is 4.99 Å². The van der Waals surface area contributed by atoms with Crippen LogP contribution in [0, 0.1) is 20.2 Å². The number of nitro groups is 2. The summed E-state index contributed by atoms with van der Waals surface area (Å²) < 4.78 is 18.0. The van der Waals surface area contributed by atoms with E-state index in [9.17, 15) is 29.8 Å². The molecule has 45 heavy (non-hydrogen) atoms. The fraction of sp³-hybridized carbons (Fsp3) is 0.194. The predicted octanol–water partition coefficient (Wildman–Crippen LogP) is 4.31. The fourth-order valence-corrected chi connectivity index (χ4v) is 5.94.